The van der Waals surface area contributed by atoms with Gasteiger partial charge >= 0.3 is 0 Å². The molecule has 3 heterocycles. The molecular formula is C66H42N2O2. The highest BCUT2D eigenvalue weighted by Gasteiger charge is 2.25. The Morgan fingerprint density at radius 1 is 0.329 bits per heavy atom. The number of rotatable bonds is 8. The molecule has 4 heteroatoms. The molecule has 0 spiro atoms. The Morgan fingerprint density at radius 3 is 1.81 bits per heavy atom. The summed E-state index contributed by atoms with van der Waals surface area (Å²) in [5, 5.41) is 4.56. The highest BCUT2D eigenvalue weighted by Crippen LogP contribution is 2.48. The lowest BCUT2D eigenvalue weighted by atomic mass is 9.91. The van der Waals surface area contributed by atoms with Gasteiger partial charge in [0.2, 0.25) is 0 Å². The van der Waals surface area contributed by atoms with Gasteiger partial charge in [-0.15, -0.1) is 0 Å². The average Bonchev–Trinajstić information content (AvgIpc) is 3.99. The van der Waals surface area contributed by atoms with Crippen LogP contribution in [0.1, 0.15) is 0 Å². The number of anilines is 3. The van der Waals surface area contributed by atoms with Crippen LogP contribution in [0.2, 0.25) is 0 Å². The molecule has 0 atom stereocenters. The van der Waals surface area contributed by atoms with Crippen molar-refractivity contribution in [1.82, 2.24) is 4.57 Å². The summed E-state index contributed by atoms with van der Waals surface area (Å²) >= 11 is 0. The molecule has 0 fully saturated rings. The van der Waals surface area contributed by atoms with Gasteiger partial charge in [-0.2, -0.15) is 0 Å². The zero-order valence-electron chi connectivity index (χ0n) is 38.0. The molecule has 0 saturated carbocycles. The molecule has 328 valence electrons. The number of furan rings is 1. The van der Waals surface area contributed by atoms with Crippen molar-refractivity contribution in [3.63, 3.8) is 0 Å². The molecule has 14 rings (SSSR count). The molecule has 4 nitrogen and oxygen atoms in total. The molecule has 0 radical (unpaired) electrons. The first-order chi connectivity index (χ1) is 34.7. The summed E-state index contributed by atoms with van der Waals surface area (Å²) in [6.45, 7) is 0. The van der Waals surface area contributed by atoms with E-state index in [0.717, 1.165) is 101 Å². The first-order valence-corrected chi connectivity index (χ1v) is 23.8. The van der Waals surface area contributed by atoms with Crippen molar-refractivity contribution in [3.8, 4) is 72.8 Å². The van der Waals surface area contributed by atoms with Gasteiger partial charge in [-0.05, 0) is 117 Å². The van der Waals surface area contributed by atoms with Crippen LogP contribution in [-0.4, -0.2) is 4.57 Å². The van der Waals surface area contributed by atoms with Crippen molar-refractivity contribution in [2.45, 2.75) is 0 Å². The summed E-state index contributed by atoms with van der Waals surface area (Å²) in [6, 6.07) is 91.2. The van der Waals surface area contributed by atoms with E-state index in [1.807, 2.05) is 18.2 Å². The van der Waals surface area contributed by atoms with E-state index in [-0.39, 0.29) is 0 Å². The summed E-state index contributed by atoms with van der Waals surface area (Å²) in [5.41, 5.74) is 19.6. The van der Waals surface area contributed by atoms with Crippen molar-refractivity contribution in [1.29, 1.82) is 0 Å². The topological polar surface area (TPSA) is 30.5 Å². The molecule has 1 aliphatic rings. The fraction of sp³-hybridized carbons (Fsp3) is 0. The van der Waals surface area contributed by atoms with Gasteiger partial charge in [-0.25, -0.2) is 0 Å². The van der Waals surface area contributed by atoms with E-state index >= 15 is 0 Å². The van der Waals surface area contributed by atoms with Crippen LogP contribution in [0.15, 0.2) is 259 Å². The molecule has 0 N–H and O–H groups in total. The molecule has 0 bridgehead atoms. The normalized spacial score (nSPS) is 11.8. The van der Waals surface area contributed by atoms with E-state index in [9.17, 15) is 0 Å². The molecule has 2 aromatic heterocycles. The number of aromatic nitrogens is 1. The maximum absolute atomic E-state index is 6.68. The zero-order valence-corrected chi connectivity index (χ0v) is 38.0. The van der Waals surface area contributed by atoms with E-state index in [4.69, 9.17) is 9.15 Å². The van der Waals surface area contributed by atoms with E-state index in [1.54, 1.807) is 0 Å². The molecule has 11 aromatic carbocycles. The molecular weight excluding hydrogens is 853 g/mol. The summed E-state index contributed by atoms with van der Waals surface area (Å²) in [5.74, 6) is 1.73. The van der Waals surface area contributed by atoms with Crippen molar-refractivity contribution in [2.24, 2.45) is 0 Å². The molecule has 70 heavy (non-hydrogen) atoms. The van der Waals surface area contributed by atoms with Crippen LogP contribution in [0, 0.1) is 0 Å². The monoisotopic (exact) mass is 894 g/mol. The predicted molar refractivity (Wildman–Crippen MR) is 290 cm³/mol. The van der Waals surface area contributed by atoms with Crippen LogP contribution >= 0.6 is 0 Å². The molecule has 0 amide bonds. The highest BCUT2D eigenvalue weighted by atomic mass is 16.5. The van der Waals surface area contributed by atoms with Crippen LogP contribution in [0.25, 0.3) is 105 Å². The van der Waals surface area contributed by atoms with Gasteiger partial charge in [0.05, 0.1) is 22.4 Å². The second-order valence-electron chi connectivity index (χ2n) is 18.0. The van der Waals surface area contributed by atoms with Crippen LogP contribution in [-0.2, 0) is 0 Å². The van der Waals surface area contributed by atoms with Crippen LogP contribution in [0.3, 0.4) is 0 Å². The quantitative estimate of drug-likeness (QED) is 0.152. The van der Waals surface area contributed by atoms with Gasteiger partial charge in [-0.3, -0.25) is 0 Å². The van der Waals surface area contributed by atoms with E-state index < -0.39 is 0 Å². The molecule has 13 aromatic rings. The van der Waals surface area contributed by atoms with Gasteiger partial charge in [0, 0.05) is 44.0 Å². The Hall–Kier alpha value is -9.38. The number of benzene rings is 11. The summed E-state index contributed by atoms with van der Waals surface area (Å²) < 4.78 is 15.5. The number of hydrogen-bond acceptors (Lipinski definition) is 3. The van der Waals surface area contributed by atoms with E-state index in [0.29, 0.717) is 0 Å². The van der Waals surface area contributed by atoms with Gasteiger partial charge in [0.15, 0.2) is 11.5 Å². The zero-order chi connectivity index (χ0) is 46.1. The largest absolute Gasteiger partial charge is 0.455 e. The number of nitrogens with zero attached hydrogens (tertiary/aromatic N) is 2. The lowest BCUT2D eigenvalue weighted by Gasteiger charge is -2.28. The van der Waals surface area contributed by atoms with Crippen molar-refractivity contribution >= 4 is 60.8 Å². The maximum Gasteiger partial charge on any atom is 0.152 e. The Bertz CT molecular complexity index is 4150. The fourth-order valence-corrected chi connectivity index (χ4v) is 10.8. The number of para-hydroxylation sites is 6. The number of fused-ring (bicyclic) bond motifs is 8. The molecule has 1 aliphatic heterocycles. The lowest BCUT2D eigenvalue weighted by Crippen LogP contribution is -2.11. The van der Waals surface area contributed by atoms with Crippen molar-refractivity contribution in [2.75, 3.05) is 4.90 Å². The van der Waals surface area contributed by atoms with Gasteiger partial charge < -0.3 is 18.6 Å². The van der Waals surface area contributed by atoms with Gasteiger partial charge in [-0.1, -0.05) is 182 Å². The lowest BCUT2D eigenvalue weighted by molar-refractivity contribution is 0.476. The minimum absolute atomic E-state index is 0.861. The Kier molecular flexibility index (Phi) is 9.17. The van der Waals surface area contributed by atoms with Crippen molar-refractivity contribution in [3.05, 3.63) is 255 Å². The minimum atomic E-state index is 0.861. The second kappa shape index (κ2) is 16.2. The summed E-state index contributed by atoms with van der Waals surface area (Å²) in [6.07, 6.45) is 0. The van der Waals surface area contributed by atoms with Gasteiger partial charge in [0.25, 0.3) is 0 Å². The molecule has 0 aliphatic carbocycles. The van der Waals surface area contributed by atoms with Crippen molar-refractivity contribution < 1.29 is 9.15 Å². The molecule has 0 saturated heterocycles. The third-order valence-electron chi connectivity index (χ3n) is 14.0. The molecule has 0 unspecified atom stereocenters. The van der Waals surface area contributed by atoms with Gasteiger partial charge in [0.1, 0.15) is 11.2 Å². The Balaban J connectivity index is 0.922. The third kappa shape index (κ3) is 6.46. The van der Waals surface area contributed by atoms with E-state index in [2.05, 4.69) is 246 Å². The summed E-state index contributed by atoms with van der Waals surface area (Å²) in [4.78, 5) is 2.39. The van der Waals surface area contributed by atoms with E-state index in [1.165, 1.54) is 33.0 Å². The van der Waals surface area contributed by atoms with Crippen LogP contribution in [0.4, 0.5) is 17.1 Å². The number of hydrogen-bond donors (Lipinski definition) is 0. The fourth-order valence-electron chi connectivity index (χ4n) is 10.8. The highest BCUT2D eigenvalue weighted by molar-refractivity contribution is 6.14. The Morgan fingerprint density at radius 2 is 0.943 bits per heavy atom. The Labute approximate surface area is 405 Å². The summed E-state index contributed by atoms with van der Waals surface area (Å²) in [7, 11) is 0. The standard InChI is InChI=1S/C66H42N2O2/c1-3-16-44(17-4-1)51-38-34-47(41-57(51)45-18-5-2-6-19-45)43-32-36-49(37-33-43)67(59-27-9-7-22-52(59)55-25-14-26-56-53-23-8-11-29-62(53)70-66(55)56)50-21-13-20-46(40-50)48-35-39-60-58(42-48)54-24-15-31-64-65(54)68(60)61-28-10-12-30-63(61)69-64/h1-42H. The smallest absolute Gasteiger partial charge is 0.152 e. The SMILES string of the molecule is c1ccc(-c2ccc(-c3ccc(N(c4cccc(-c5ccc6c(c5)c5cccc7c5n6-c5ccccc5O7)c4)c4ccccc4-c4cccc5c4oc4ccccc45)cc3)cc2-c2ccccc2)cc1. The first kappa shape index (κ1) is 39.8. The maximum atomic E-state index is 6.68. The minimum Gasteiger partial charge on any atom is -0.455 e. The van der Waals surface area contributed by atoms with Crippen LogP contribution < -0.4 is 9.64 Å². The van der Waals surface area contributed by atoms with Crippen LogP contribution in [0.5, 0.6) is 11.5 Å². The second-order valence-corrected chi connectivity index (χ2v) is 18.0. The number of ether oxygens (including phenoxy) is 1. The predicted octanol–water partition coefficient (Wildman–Crippen LogP) is 18.6. The third-order valence-corrected chi connectivity index (χ3v) is 14.0. The average molecular weight is 895 g/mol. The first-order valence-electron chi connectivity index (χ1n) is 23.8.